The molecule has 0 saturated heterocycles. The number of hydrogen-bond donors (Lipinski definition) is 4. The Morgan fingerprint density at radius 2 is 1.32 bits per heavy atom. The predicted molar refractivity (Wildman–Crippen MR) is 118 cm³/mol. The van der Waals surface area contributed by atoms with Crippen LogP contribution in [0.5, 0.6) is 0 Å². The number of hydrogen-bond acceptors (Lipinski definition) is 9. The zero-order chi connectivity index (χ0) is 24.3. The maximum Gasteiger partial charge on any atom is 2.00 e. The first-order chi connectivity index (χ1) is 15.5. The Morgan fingerprint density at radius 1 is 0.824 bits per heavy atom. The second-order valence-corrected chi connectivity index (χ2v) is 5.87. The van der Waals surface area contributed by atoms with E-state index in [9.17, 15) is 19.2 Å². The van der Waals surface area contributed by atoms with Crippen LogP contribution in [0.4, 0.5) is 0 Å². The van der Waals surface area contributed by atoms with Crippen molar-refractivity contribution in [3.63, 3.8) is 0 Å². The molecule has 0 aliphatic carbocycles. The van der Waals surface area contributed by atoms with Crippen LogP contribution in [0.3, 0.4) is 0 Å². The van der Waals surface area contributed by atoms with Crippen LogP contribution in [0.2, 0.25) is 0 Å². The van der Waals surface area contributed by atoms with Gasteiger partial charge in [0.05, 0.1) is 39.6 Å². The van der Waals surface area contributed by atoms with Gasteiger partial charge >= 0.3 is 18.6 Å². The van der Waals surface area contributed by atoms with Gasteiger partial charge in [-0.05, 0) is 13.0 Å². The Kier molecular flexibility index (Phi) is 38.2. The summed E-state index contributed by atoms with van der Waals surface area (Å²) >= 11 is 0. The van der Waals surface area contributed by atoms with Gasteiger partial charge in [0, 0.05) is 33.0 Å². The molecule has 0 saturated carbocycles. The normalized spacial score (nSPS) is 9.21. The fourth-order valence-corrected chi connectivity index (χ4v) is 1.90. The maximum absolute atomic E-state index is 11.5. The van der Waals surface area contributed by atoms with E-state index in [-0.39, 0.29) is 70.0 Å². The number of ether oxygens (including phenoxy) is 4. The molecule has 14 heteroatoms. The zero-order valence-corrected chi connectivity index (χ0v) is 21.2. The third-order valence-corrected chi connectivity index (χ3v) is 3.23. The summed E-state index contributed by atoms with van der Waals surface area (Å²) in [5, 5.41) is 14.9. The quantitative estimate of drug-likeness (QED) is 0.0819. The van der Waals surface area contributed by atoms with E-state index in [1.54, 1.807) is 6.29 Å². The number of carbonyl (C=O) groups excluding carboxylic acids is 4. The van der Waals surface area contributed by atoms with E-state index >= 15 is 0 Å². The molecule has 0 heterocycles. The Morgan fingerprint density at radius 3 is 1.85 bits per heavy atom. The third kappa shape index (κ3) is 37.3. The summed E-state index contributed by atoms with van der Waals surface area (Å²) in [5.74, 6) is -0.463. The second kappa shape index (κ2) is 33.1. The van der Waals surface area contributed by atoms with Gasteiger partial charge in [-0.1, -0.05) is 0 Å². The van der Waals surface area contributed by atoms with Crippen LogP contribution in [0, 0.1) is 7.43 Å². The molecule has 0 aromatic rings. The first-order valence-corrected chi connectivity index (χ1v) is 9.99. The van der Waals surface area contributed by atoms with Gasteiger partial charge in [0.15, 0.2) is 0 Å². The van der Waals surface area contributed by atoms with Crippen LogP contribution in [0.1, 0.15) is 19.8 Å². The maximum atomic E-state index is 11.5. The molecule has 0 atom stereocenters. The van der Waals surface area contributed by atoms with Gasteiger partial charge in [-0.25, -0.2) is 6.29 Å². The van der Waals surface area contributed by atoms with Gasteiger partial charge < -0.3 is 52.2 Å². The molecule has 0 bridgehead atoms. The fraction of sp³-hybridized carbons (Fsp3) is 0.700. The first-order valence-electron chi connectivity index (χ1n) is 9.99. The predicted octanol–water partition coefficient (Wildman–Crippen LogP) is -1.54. The summed E-state index contributed by atoms with van der Waals surface area (Å²) in [4.78, 5) is 51.9. The molecule has 34 heavy (non-hydrogen) atoms. The molecule has 4 N–H and O–H groups in total. The Bertz CT molecular complexity index is 513. The van der Waals surface area contributed by atoms with Crippen molar-refractivity contribution in [3.05, 3.63) is 7.43 Å². The molecule has 0 spiro atoms. The summed E-state index contributed by atoms with van der Waals surface area (Å²) in [6.45, 7) is 4.14. The molecular weight excluding hydrogens is 493 g/mol. The third-order valence-electron chi connectivity index (χ3n) is 3.23. The Hall–Kier alpha value is -2.03. The van der Waals surface area contributed by atoms with Crippen LogP contribution in [-0.2, 0) is 61.5 Å². The van der Waals surface area contributed by atoms with Crippen molar-refractivity contribution in [2.45, 2.75) is 19.8 Å². The average molecular weight is 530 g/mol. The van der Waals surface area contributed by atoms with Crippen LogP contribution >= 0.6 is 0 Å². The van der Waals surface area contributed by atoms with Crippen molar-refractivity contribution >= 4 is 30.5 Å². The summed E-state index contributed by atoms with van der Waals surface area (Å²) in [6, 6.07) is 0. The zero-order valence-electron chi connectivity index (χ0n) is 19.8. The SMILES string of the molecule is CC(=O)NCCCC(=O)NCCOCCOCC(=O)NCCOCCOC[C-]=O.O=CO.[CH3-].[V+2]. The molecule has 0 fully saturated rings. The largest absolute Gasteiger partial charge is 2.00 e. The molecular formula is C20H37N3O10V. The minimum Gasteiger partial charge on any atom is -0.540 e. The number of carbonyl (C=O) groups is 4. The summed E-state index contributed by atoms with van der Waals surface area (Å²) in [6.07, 6.45) is 2.53. The first kappa shape index (κ1) is 39.2. The molecule has 0 aliphatic heterocycles. The molecule has 0 aliphatic rings. The monoisotopic (exact) mass is 530 g/mol. The van der Waals surface area contributed by atoms with Crippen LogP contribution in [0.15, 0.2) is 0 Å². The summed E-state index contributed by atoms with van der Waals surface area (Å²) < 4.78 is 20.5. The average Bonchev–Trinajstić information content (AvgIpc) is 2.75. The van der Waals surface area contributed by atoms with Crippen LogP contribution in [0.25, 0.3) is 0 Å². The minimum absolute atomic E-state index is 0. The van der Waals surface area contributed by atoms with E-state index in [1.807, 2.05) is 0 Å². The van der Waals surface area contributed by atoms with Crippen LogP contribution in [-0.4, -0.2) is 108 Å². The topological polar surface area (TPSA) is 179 Å². The van der Waals surface area contributed by atoms with E-state index < -0.39 is 0 Å². The number of carboxylic acid groups (broad SMARTS) is 1. The summed E-state index contributed by atoms with van der Waals surface area (Å²) in [5.41, 5.74) is 0. The van der Waals surface area contributed by atoms with E-state index in [4.69, 9.17) is 28.8 Å². The number of nitrogens with one attached hydrogen (secondary N) is 3. The molecule has 0 unspecified atom stereocenters. The van der Waals surface area contributed by atoms with E-state index in [0.29, 0.717) is 65.5 Å². The Balaban J connectivity index is -0.000000850. The van der Waals surface area contributed by atoms with Gasteiger partial charge in [-0.15, -0.1) is 0 Å². The molecule has 0 rings (SSSR count). The molecule has 197 valence electrons. The standard InChI is InChI=1S/C18H32N3O8.CH2O2.CH3.V/c1-16(23)19-4-2-3-17(24)20-5-8-27-13-14-29-15-18(25)21-6-9-26-11-12-28-10-7-22;2-1-3;;/h2-6,8-15H2,1H3,(H,19,23)(H,20,24)(H,21,25);1H,(H,2,3);1H3;/q-1;;-1;+2. The van der Waals surface area contributed by atoms with Crippen molar-refractivity contribution in [3.8, 4) is 0 Å². The van der Waals surface area contributed by atoms with Crippen molar-refractivity contribution in [1.29, 1.82) is 0 Å². The smallest absolute Gasteiger partial charge is 0.540 e. The van der Waals surface area contributed by atoms with Crippen LogP contribution < -0.4 is 16.0 Å². The number of rotatable bonds is 20. The second-order valence-electron chi connectivity index (χ2n) is 5.87. The molecule has 13 nitrogen and oxygen atoms in total. The molecule has 0 aromatic carbocycles. The molecule has 3 amide bonds. The van der Waals surface area contributed by atoms with Crippen molar-refractivity contribution in [2.75, 3.05) is 72.5 Å². The Labute approximate surface area is 212 Å². The van der Waals surface area contributed by atoms with Crippen molar-refractivity contribution in [2.24, 2.45) is 0 Å². The van der Waals surface area contributed by atoms with E-state index in [1.165, 1.54) is 6.92 Å². The van der Waals surface area contributed by atoms with Crippen molar-refractivity contribution < 1.29 is 66.6 Å². The van der Waals surface area contributed by atoms with Gasteiger partial charge in [0.2, 0.25) is 17.7 Å². The van der Waals surface area contributed by atoms with E-state index in [0.717, 1.165) is 0 Å². The van der Waals surface area contributed by atoms with E-state index in [2.05, 4.69) is 16.0 Å². The molecule has 1 radical (unpaired) electrons. The fourth-order valence-electron chi connectivity index (χ4n) is 1.90. The van der Waals surface area contributed by atoms with Gasteiger partial charge in [0.1, 0.15) is 6.61 Å². The molecule has 0 aromatic heterocycles. The van der Waals surface area contributed by atoms with Crippen molar-refractivity contribution in [1.82, 2.24) is 16.0 Å². The number of amides is 3. The summed E-state index contributed by atoms with van der Waals surface area (Å²) in [7, 11) is 0. The van der Waals surface area contributed by atoms with Gasteiger partial charge in [-0.3, -0.25) is 19.2 Å². The van der Waals surface area contributed by atoms with Gasteiger partial charge in [-0.2, -0.15) is 0 Å². The van der Waals surface area contributed by atoms with Gasteiger partial charge in [0.25, 0.3) is 6.47 Å². The minimum atomic E-state index is -0.257.